The third kappa shape index (κ3) is 3.58. The van der Waals surface area contributed by atoms with Crippen molar-refractivity contribution in [2.24, 2.45) is 0 Å². The molecule has 0 aliphatic heterocycles. The third-order valence-electron chi connectivity index (χ3n) is 2.67. The molecule has 2 aromatic rings. The second kappa shape index (κ2) is 6.21. The molecule has 1 amide bonds. The number of anilines is 1. The van der Waals surface area contributed by atoms with Crippen LogP contribution in [-0.4, -0.2) is 17.1 Å². The number of hydrogen-bond donors (Lipinski definition) is 1. The lowest BCUT2D eigenvalue weighted by molar-refractivity contribution is 0.102. The maximum atomic E-state index is 12.0. The minimum atomic E-state index is -0.114. The van der Waals surface area contributed by atoms with Crippen LogP contribution in [0.15, 0.2) is 35.4 Å². The van der Waals surface area contributed by atoms with Crippen molar-refractivity contribution in [2.45, 2.75) is 24.7 Å². The number of carbonyl (C=O) groups excluding carboxylic acids is 1. The van der Waals surface area contributed by atoms with Gasteiger partial charge in [-0.05, 0) is 36.4 Å². The van der Waals surface area contributed by atoms with Crippen LogP contribution in [0.2, 0.25) is 0 Å². The largest absolute Gasteiger partial charge is 0.298 e. The SMILES string of the molecule is CSc1ccc(C(=O)Nc2ncc(C(C)C)s2)cc1. The molecule has 0 fully saturated rings. The van der Waals surface area contributed by atoms with E-state index in [1.165, 1.54) is 16.2 Å². The second-order valence-electron chi connectivity index (χ2n) is 4.41. The van der Waals surface area contributed by atoms with Crippen LogP contribution in [-0.2, 0) is 0 Å². The zero-order valence-electron chi connectivity index (χ0n) is 11.1. The third-order valence-corrected chi connectivity index (χ3v) is 4.62. The van der Waals surface area contributed by atoms with Gasteiger partial charge in [0.05, 0.1) is 0 Å². The van der Waals surface area contributed by atoms with E-state index in [0.717, 1.165) is 4.90 Å². The smallest absolute Gasteiger partial charge is 0.257 e. The summed E-state index contributed by atoms with van der Waals surface area (Å²) in [6, 6.07) is 7.55. The molecule has 0 saturated heterocycles. The van der Waals surface area contributed by atoms with E-state index in [2.05, 4.69) is 24.1 Å². The van der Waals surface area contributed by atoms with Crippen molar-refractivity contribution in [1.29, 1.82) is 0 Å². The van der Waals surface area contributed by atoms with Gasteiger partial charge in [0, 0.05) is 21.5 Å². The first kappa shape index (κ1) is 14.1. The number of benzene rings is 1. The molecule has 0 atom stereocenters. The number of nitrogens with zero attached hydrogens (tertiary/aromatic N) is 1. The highest BCUT2D eigenvalue weighted by Gasteiger charge is 2.10. The Bertz CT molecular complexity index is 561. The van der Waals surface area contributed by atoms with Gasteiger partial charge in [-0.2, -0.15) is 0 Å². The van der Waals surface area contributed by atoms with Crippen molar-refractivity contribution in [3.8, 4) is 0 Å². The van der Waals surface area contributed by atoms with Gasteiger partial charge in [0.25, 0.3) is 5.91 Å². The van der Waals surface area contributed by atoms with E-state index >= 15 is 0 Å². The van der Waals surface area contributed by atoms with E-state index < -0.39 is 0 Å². The molecule has 100 valence electrons. The zero-order chi connectivity index (χ0) is 13.8. The summed E-state index contributed by atoms with van der Waals surface area (Å²) >= 11 is 3.18. The van der Waals surface area contributed by atoms with Crippen LogP contribution in [0.3, 0.4) is 0 Å². The van der Waals surface area contributed by atoms with Gasteiger partial charge in [-0.15, -0.1) is 23.1 Å². The highest BCUT2D eigenvalue weighted by atomic mass is 32.2. The lowest BCUT2D eigenvalue weighted by atomic mass is 10.2. The predicted molar refractivity (Wildman–Crippen MR) is 82.4 cm³/mol. The Hall–Kier alpha value is -1.33. The highest BCUT2D eigenvalue weighted by Crippen LogP contribution is 2.25. The maximum absolute atomic E-state index is 12.0. The highest BCUT2D eigenvalue weighted by molar-refractivity contribution is 7.98. The molecule has 1 aromatic heterocycles. The number of aromatic nitrogens is 1. The Labute approximate surface area is 121 Å². The lowest BCUT2D eigenvalue weighted by Crippen LogP contribution is -2.11. The minimum Gasteiger partial charge on any atom is -0.298 e. The fraction of sp³-hybridized carbons (Fsp3) is 0.286. The van der Waals surface area contributed by atoms with Crippen molar-refractivity contribution in [2.75, 3.05) is 11.6 Å². The molecule has 0 aliphatic rings. The first-order chi connectivity index (χ1) is 9.10. The number of thioether (sulfide) groups is 1. The minimum absolute atomic E-state index is 0.114. The van der Waals surface area contributed by atoms with Gasteiger partial charge >= 0.3 is 0 Å². The number of thiazole rings is 1. The van der Waals surface area contributed by atoms with E-state index in [4.69, 9.17) is 0 Å². The van der Waals surface area contributed by atoms with Gasteiger partial charge in [0.2, 0.25) is 0 Å². The van der Waals surface area contributed by atoms with Gasteiger partial charge in [0.1, 0.15) is 0 Å². The molecule has 1 N–H and O–H groups in total. The average Bonchev–Trinajstić information content (AvgIpc) is 2.87. The van der Waals surface area contributed by atoms with E-state index in [0.29, 0.717) is 16.6 Å². The van der Waals surface area contributed by atoms with Crippen molar-refractivity contribution in [3.05, 3.63) is 40.9 Å². The van der Waals surface area contributed by atoms with Crippen molar-refractivity contribution >= 4 is 34.1 Å². The average molecular weight is 292 g/mol. The first-order valence-corrected chi connectivity index (χ1v) is 8.05. The van der Waals surface area contributed by atoms with Crippen LogP contribution >= 0.6 is 23.1 Å². The molecule has 0 saturated carbocycles. The summed E-state index contributed by atoms with van der Waals surface area (Å²) in [5.41, 5.74) is 0.652. The summed E-state index contributed by atoms with van der Waals surface area (Å²) in [5, 5.41) is 3.49. The molecule has 1 heterocycles. The fourth-order valence-electron chi connectivity index (χ4n) is 1.52. The van der Waals surface area contributed by atoms with Crippen LogP contribution < -0.4 is 5.32 Å². The van der Waals surface area contributed by atoms with Crippen molar-refractivity contribution < 1.29 is 4.79 Å². The Morgan fingerprint density at radius 2 is 2.00 bits per heavy atom. The molecule has 0 radical (unpaired) electrons. The maximum Gasteiger partial charge on any atom is 0.257 e. The van der Waals surface area contributed by atoms with E-state index in [1.54, 1.807) is 11.8 Å². The number of hydrogen-bond acceptors (Lipinski definition) is 4. The molecule has 0 aliphatic carbocycles. The molecule has 1 aromatic carbocycles. The van der Waals surface area contributed by atoms with Crippen LogP contribution in [0, 0.1) is 0 Å². The summed E-state index contributed by atoms with van der Waals surface area (Å²) in [5.74, 6) is 0.321. The summed E-state index contributed by atoms with van der Waals surface area (Å²) < 4.78 is 0. The van der Waals surface area contributed by atoms with Crippen LogP contribution in [0.1, 0.15) is 35.0 Å². The Kier molecular flexibility index (Phi) is 4.61. The lowest BCUT2D eigenvalue weighted by Gasteiger charge is -2.02. The van der Waals surface area contributed by atoms with Gasteiger partial charge in [-0.3, -0.25) is 10.1 Å². The Morgan fingerprint density at radius 1 is 1.32 bits per heavy atom. The van der Waals surface area contributed by atoms with Gasteiger partial charge in [-0.1, -0.05) is 13.8 Å². The summed E-state index contributed by atoms with van der Waals surface area (Å²) in [7, 11) is 0. The van der Waals surface area contributed by atoms with Crippen LogP contribution in [0.5, 0.6) is 0 Å². The molecule has 0 unspecified atom stereocenters. The molecule has 2 rings (SSSR count). The number of amides is 1. The van der Waals surface area contributed by atoms with Crippen molar-refractivity contribution in [3.63, 3.8) is 0 Å². The monoisotopic (exact) mass is 292 g/mol. The van der Waals surface area contributed by atoms with Gasteiger partial charge < -0.3 is 0 Å². The van der Waals surface area contributed by atoms with Gasteiger partial charge in [-0.25, -0.2) is 4.98 Å². The molecule has 0 spiro atoms. The summed E-state index contributed by atoms with van der Waals surface area (Å²) in [6.45, 7) is 4.22. The normalized spacial score (nSPS) is 10.7. The predicted octanol–water partition coefficient (Wildman–Crippen LogP) is 4.24. The zero-order valence-corrected chi connectivity index (χ0v) is 12.8. The fourth-order valence-corrected chi connectivity index (χ4v) is 2.74. The standard InChI is InChI=1S/C14H16N2OS2/c1-9(2)12-8-15-14(19-12)16-13(17)10-4-6-11(18-3)7-5-10/h4-9H,1-3H3,(H,15,16,17). The quantitative estimate of drug-likeness (QED) is 0.857. The number of nitrogens with one attached hydrogen (secondary N) is 1. The van der Waals surface area contributed by atoms with Crippen molar-refractivity contribution in [1.82, 2.24) is 4.98 Å². The van der Waals surface area contributed by atoms with E-state index in [9.17, 15) is 4.79 Å². The van der Waals surface area contributed by atoms with Crippen LogP contribution in [0.25, 0.3) is 0 Å². The van der Waals surface area contributed by atoms with E-state index in [-0.39, 0.29) is 5.91 Å². The van der Waals surface area contributed by atoms with Crippen LogP contribution in [0.4, 0.5) is 5.13 Å². The summed E-state index contributed by atoms with van der Waals surface area (Å²) in [6.07, 6.45) is 3.83. The molecule has 0 bridgehead atoms. The molecule has 19 heavy (non-hydrogen) atoms. The molecule has 5 heteroatoms. The molecular weight excluding hydrogens is 276 g/mol. The second-order valence-corrected chi connectivity index (χ2v) is 6.35. The molecule has 3 nitrogen and oxygen atoms in total. The Morgan fingerprint density at radius 3 is 2.53 bits per heavy atom. The topological polar surface area (TPSA) is 42.0 Å². The Balaban J connectivity index is 2.06. The number of carbonyl (C=O) groups is 1. The number of rotatable bonds is 4. The molecular formula is C14H16N2OS2. The first-order valence-electron chi connectivity index (χ1n) is 6.01. The summed E-state index contributed by atoms with van der Waals surface area (Å²) in [4.78, 5) is 18.6. The van der Waals surface area contributed by atoms with E-state index in [1.807, 2.05) is 36.7 Å². The van der Waals surface area contributed by atoms with Gasteiger partial charge in [0.15, 0.2) is 5.13 Å².